The van der Waals surface area contributed by atoms with Crippen LogP contribution in [0.25, 0.3) is 0 Å². The average Bonchev–Trinajstić information content (AvgIpc) is 3.36. The van der Waals surface area contributed by atoms with E-state index in [4.69, 9.17) is 0 Å². The van der Waals surface area contributed by atoms with Gasteiger partial charge >= 0.3 is 0 Å². The second-order valence-corrected chi connectivity index (χ2v) is 11.5. The summed E-state index contributed by atoms with van der Waals surface area (Å²) in [6.07, 6.45) is 21.8. The smallest absolute Gasteiger partial charge is 0.238 e. The highest BCUT2D eigenvalue weighted by molar-refractivity contribution is 7.99. The number of nitrogens with one attached hydrogen (secondary N) is 3. The third-order valence-electron chi connectivity index (χ3n) is 6.96. The first-order valence-corrected chi connectivity index (χ1v) is 15.7. The average molecular weight is 518 g/mol. The molecule has 0 radical (unpaired) electrons. The molecule has 0 spiro atoms. The van der Waals surface area contributed by atoms with E-state index in [1.807, 2.05) is 24.3 Å². The topological polar surface area (TPSA) is 70.2 Å². The number of benzene rings is 1. The van der Waals surface area contributed by atoms with E-state index in [0.29, 0.717) is 0 Å². The Labute approximate surface area is 224 Å². The van der Waals surface area contributed by atoms with Crippen molar-refractivity contribution in [2.75, 3.05) is 17.6 Å². The Morgan fingerprint density at radius 2 is 1.31 bits per heavy atom. The van der Waals surface area contributed by atoms with Crippen molar-refractivity contribution in [3.8, 4) is 0 Å². The van der Waals surface area contributed by atoms with Gasteiger partial charge in [0, 0.05) is 24.9 Å². The fourth-order valence-corrected chi connectivity index (χ4v) is 6.01. The fourth-order valence-electron chi connectivity index (χ4n) is 4.77. The van der Waals surface area contributed by atoms with Crippen LogP contribution in [0.1, 0.15) is 128 Å². The second kappa shape index (κ2) is 19.6. The number of rotatable bonds is 20. The van der Waals surface area contributed by atoms with Crippen molar-refractivity contribution < 1.29 is 9.59 Å². The molecule has 204 valence electrons. The molecular weight excluding hydrogens is 466 g/mol. The number of unbranched alkanes of at least 4 members (excludes halogenated alkanes) is 15. The van der Waals surface area contributed by atoms with E-state index < -0.39 is 0 Å². The first-order chi connectivity index (χ1) is 17.6. The molecule has 2 amide bonds. The van der Waals surface area contributed by atoms with Crippen LogP contribution in [0.15, 0.2) is 24.3 Å². The van der Waals surface area contributed by atoms with E-state index in [-0.39, 0.29) is 23.2 Å². The standard InChI is InChI=1S/C30H51N3O2S/c1-3-4-5-6-7-8-9-10-11-12-13-14-15-16-17-18-23-31-29(35)28-24-36-30(33-28)26-19-21-27(22-20-26)32-25(2)34/h19-22,28,30,33H,3-18,23-24H2,1-2H3,(H,31,35)(H,32,34)/t28-,30?/m1/s1. The van der Waals surface area contributed by atoms with Crippen LogP contribution in [0.3, 0.4) is 0 Å². The molecule has 1 unspecified atom stereocenters. The predicted molar refractivity (Wildman–Crippen MR) is 155 cm³/mol. The van der Waals surface area contributed by atoms with Crippen LogP contribution in [0.5, 0.6) is 0 Å². The molecule has 1 aliphatic heterocycles. The number of carbonyl (C=O) groups excluding carboxylic acids is 2. The summed E-state index contributed by atoms with van der Waals surface area (Å²) in [6.45, 7) is 4.56. The molecular formula is C30H51N3O2S. The predicted octanol–water partition coefficient (Wildman–Crippen LogP) is 7.73. The molecule has 1 aromatic carbocycles. The third-order valence-corrected chi connectivity index (χ3v) is 8.23. The van der Waals surface area contributed by atoms with E-state index in [2.05, 4.69) is 22.9 Å². The number of hydrogen-bond acceptors (Lipinski definition) is 4. The summed E-state index contributed by atoms with van der Waals surface area (Å²) >= 11 is 1.76. The van der Waals surface area contributed by atoms with Crippen LogP contribution in [0, 0.1) is 0 Å². The number of anilines is 1. The van der Waals surface area contributed by atoms with E-state index in [1.165, 1.54) is 103 Å². The number of carbonyl (C=O) groups is 2. The summed E-state index contributed by atoms with van der Waals surface area (Å²) in [5, 5.41) is 9.45. The van der Waals surface area contributed by atoms with Gasteiger partial charge < -0.3 is 10.6 Å². The van der Waals surface area contributed by atoms with E-state index in [9.17, 15) is 9.59 Å². The van der Waals surface area contributed by atoms with E-state index in [1.54, 1.807) is 11.8 Å². The lowest BCUT2D eigenvalue weighted by Crippen LogP contribution is -2.42. The van der Waals surface area contributed by atoms with Gasteiger partial charge in [0.15, 0.2) is 0 Å². The third kappa shape index (κ3) is 13.7. The van der Waals surface area contributed by atoms with Crippen molar-refractivity contribution in [2.24, 2.45) is 0 Å². The van der Waals surface area contributed by atoms with Crippen molar-refractivity contribution in [1.82, 2.24) is 10.6 Å². The fraction of sp³-hybridized carbons (Fsp3) is 0.733. The molecule has 3 N–H and O–H groups in total. The van der Waals surface area contributed by atoms with Gasteiger partial charge in [-0.2, -0.15) is 0 Å². The Morgan fingerprint density at radius 3 is 1.81 bits per heavy atom. The van der Waals surface area contributed by atoms with Gasteiger partial charge in [-0.25, -0.2) is 0 Å². The zero-order chi connectivity index (χ0) is 25.8. The van der Waals surface area contributed by atoms with Crippen LogP contribution in [-0.2, 0) is 9.59 Å². The number of amides is 2. The Kier molecular flexibility index (Phi) is 16.7. The Morgan fingerprint density at radius 1 is 0.806 bits per heavy atom. The van der Waals surface area contributed by atoms with Gasteiger partial charge in [-0.05, 0) is 24.1 Å². The molecule has 1 heterocycles. The quantitative estimate of drug-likeness (QED) is 0.155. The maximum absolute atomic E-state index is 12.5. The molecule has 0 aromatic heterocycles. The van der Waals surface area contributed by atoms with Gasteiger partial charge in [0.1, 0.15) is 0 Å². The Bertz CT molecular complexity index is 725. The molecule has 5 nitrogen and oxygen atoms in total. The van der Waals surface area contributed by atoms with Crippen molar-refractivity contribution >= 4 is 29.3 Å². The molecule has 1 aromatic rings. The van der Waals surface area contributed by atoms with Crippen LogP contribution in [0.2, 0.25) is 0 Å². The number of thioether (sulfide) groups is 1. The van der Waals surface area contributed by atoms with Gasteiger partial charge in [-0.3, -0.25) is 14.9 Å². The van der Waals surface area contributed by atoms with Crippen LogP contribution in [-0.4, -0.2) is 30.2 Å². The number of hydrogen-bond donors (Lipinski definition) is 3. The van der Waals surface area contributed by atoms with Gasteiger partial charge in [0.25, 0.3) is 0 Å². The molecule has 1 aliphatic rings. The lowest BCUT2D eigenvalue weighted by atomic mass is 10.0. The molecule has 2 atom stereocenters. The highest BCUT2D eigenvalue weighted by Gasteiger charge is 2.30. The normalized spacial score (nSPS) is 17.3. The van der Waals surface area contributed by atoms with Crippen molar-refractivity contribution in [3.63, 3.8) is 0 Å². The molecule has 0 bridgehead atoms. The summed E-state index contributed by atoms with van der Waals surface area (Å²) in [7, 11) is 0. The zero-order valence-corrected chi connectivity index (χ0v) is 23.7. The lowest BCUT2D eigenvalue weighted by Gasteiger charge is -2.14. The molecule has 2 rings (SSSR count). The molecule has 0 saturated carbocycles. The van der Waals surface area contributed by atoms with Gasteiger partial charge in [0.2, 0.25) is 11.8 Å². The van der Waals surface area contributed by atoms with Crippen LogP contribution >= 0.6 is 11.8 Å². The summed E-state index contributed by atoms with van der Waals surface area (Å²) in [5.74, 6) is 0.820. The van der Waals surface area contributed by atoms with Gasteiger partial charge in [-0.15, -0.1) is 11.8 Å². The second-order valence-electron chi connectivity index (χ2n) is 10.3. The molecule has 1 saturated heterocycles. The summed E-state index contributed by atoms with van der Waals surface area (Å²) in [4.78, 5) is 23.7. The SMILES string of the molecule is CCCCCCCCCCCCCCCCCCNC(=O)[C@H]1CSC(c2ccc(NC(C)=O)cc2)N1. The minimum Gasteiger partial charge on any atom is -0.355 e. The first kappa shape index (κ1) is 30.7. The molecule has 6 heteroatoms. The zero-order valence-electron chi connectivity index (χ0n) is 22.9. The van der Waals surface area contributed by atoms with Crippen LogP contribution in [0.4, 0.5) is 5.69 Å². The highest BCUT2D eigenvalue weighted by Crippen LogP contribution is 2.33. The maximum Gasteiger partial charge on any atom is 0.238 e. The maximum atomic E-state index is 12.5. The van der Waals surface area contributed by atoms with Crippen molar-refractivity contribution in [2.45, 2.75) is 128 Å². The summed E-state index contributed by atoms with van der Waals surface area (Å²) in [6, 6.07) is 7.68. The highest BCUT2D eigenvalue weighted by atomic mass is 32.2. The molecule has 36 heavy (non-hydrogen) atoms. The monoisotopic (exact) mass is 517 g/mol. The Hall–Kier alpha value is -1.53. The van der Waals surface area contributed by atoms with Crippen LogP contribution < -0.4 is 16.0 Å². The summed E-state index contributed by atoms with van der Waals surface area (Å²) in [5.41, 5.74) is 1.92. The van der Waals surface area contributed by atoms with E-state index in [0.717, 1.165) is 30.0 Å². The first-order valence-electron chi connectivity index (χ1n) is 14.6. The van der Waals surface area contributed by atoms with E-state index >= 15 is 0 Å². The lowest BCUT2D eigenvalue weighted by molar-refractivity contribution is -0.122. The Balaban J connectivity index is 1.39. The largest absolute Gasteiger partial charge is 0.355 e. The van der Waals surface area contributed by atoms with Gasteiger partial charge in [-0.1, -0.05) is 115 Å². The summed E-state index contributed by atoms with van der Waals surface area (Å²) < 4.78 is 0. The molecule has 1 fully saturated rings. The molecule has 0 aliphatic carbocycles. The van der Waals surface area contributed by atoms with Crippen molar-refractivity contribution in [1.29, 1.82) is 0 Å². The minimum absolute atomic E-state index is 0.0720. The van der Waals surface area contributed by atoms with Gasteiger partial charge in [0.05, 0.1) is 11.4 Å². The minimum atomic E-state index is -0.143. The van der Waals surface area contributed by atoms with Crippen molar-refractivity contribution in [3.05, 3.63) is 29.8 Å².